The maximum Gasteiger partial charge on any atom is 0.573 e. The van der Waals surface area contributed by atoms with E-state index in [2.05, 4.69) is 30.2 Å². The molecule has 0 aliphatic heterocycles. The molecule has 4 rings (SSSR count). The third-order valence-corrected chi connectivity index (χ3v) is 5.90. The molecule has 4 aromatic rings. The summed E-state index contributed by atoms with van der Waals surface area (Å²) in [7, 11) is 0. The third-order valence-electron chi connectivity index (χ3n) is 4.98. The Bertz CT molecular complexity index is 1520. The number of alkyl halides is 3. The van der Waals surface area contributed by atoms with Crippen molar-refractivity contribution >= 4 is 23.4 Å². The topological polar surface area (TPSA) is 144 Å². The van der Waals surface area contributed by atoms with Gasteiger partial charge in [0, 0.05) is 29.6 Å². The standard InChI is InChI=1S/C24H21F3N6O5S/c1-2-37-17-9-5-16(6-10-17)33-19(11-15-12-20(34)30-22(36)29-15)31-32-23(33)39-13-21(35)28-14-3-7-18(8-4-14)38-24(25,26)27/h3-10,12H,2,11,13H2,1H3,(H,28,35)(H2,29,30,34,36). The molecule has 0 fully saturated rings. The van der Waals surface area contributed by atoms with Gasteiger partial charge in [-0.1, -0.05) is 11.8 Å². The van der Waals surface area contributed by atoms with Crippen LogP contribution in [-0.4, -0.2) is 49.4 Å². The molecule has 0 radical (unpaired) electrons. The fraction of sp³-hybridized carbons (Fsp3) is 0.208. The number of carbonyl (C=O) groups excluding carboxylic acids is 1. The van der Waals surface area contributed by atoms with Crippen LogP contribution in [0.15, 0.2) is 69.3 Å². The predicted molar refractivity (Wildman–Crippen MR) is 135 cm³/mol. The smallest absolute Gasteiger partial charge is 0.494 e. The van der Waals surface area contributed by atoms with Crippen LogP contribution in [0, 0.1) is 0 Å². The molecule has 204 valence electrons. The predicted octanol–water partition coefficient (Wildman–Crippen LogP) is 3.26. The maximum atomic E-state index is 12.5. The first-order chi connectivity index (χ1) is 18.6. The van der Waals surface area contributed by atoms with Gasteiger partial charge in [0.1, 0.15) is 17.3 Å². The zero-order chi connectivity index (χ0) is 28.0. The summed E-state index contributed by atoms with van der Waals surface area (Å²) in [5.41, 5.74) is 0.0190. The third kappa shape index (κ3) is 7.73. The zero-order valence-electron chi connectivity index (χ0n) is 20.2. The highest BCUT2D eigenvalue weighted by Gasteiger charge is 2.31. The Morgan fingerprint density at radius 3 is 2.36 bits per heavy atom. The molecule has 0 atom stereocenters. The van der Waals surface area contributed by atoms with Gasteiger partial charge in [0.15, 0.2) is 5.16 Å². The molecule has 0 saturated heterocycles. The minimum atomic E-state index is -4.81. The van der Waals surface area contributed by atoms with Crippen LogP contribution in [0.1, 0.15) is 18.4 Å². The summed E-state index contributed by atoms with van der Waals surface area (Å²) in [5.74, 6) is 0.0927. The van der Waals surface area contributed by atoms with Crippen LogP contribution in [0.25, 0.3) is 5.69 Å². The number of carbonyl (C=O) groups is 1. The van der Waals surface area contributed by atoms with Crippen LogP contribution in [0.4, 0.5) is 18.9 Å². The van der Waals surface area contributed by atoms with Crippen LogP contribution in [-0.2, 0) is 11.2 Å². The monoisotopic (exact) mass is 562 g/mol. The minimum absolute atomic E-state index is 0.0679. The highest BCUT2D eigenvalue weighted by Crippen LogP contribution is 2.26. The fourth-order valence-electron chi connectivity index (χ4n) is 3.48. The van der Waals surface area contributed by atoms with E-state index in [-0.39, 0.29) is 17.9 Å². The van der Waals surface area contributed by atoms with Gasteiger partial charge in [-0.05, 0) is 55.5 Å². The summed E-state index contributed by atoms with van der Waals surface area (Å²) in [5, 5.41) is 11.3. The van der Waals surface area contributed by atoms with Crippen molar-refractivity contribution in [1.29, 1.82) is 0 Å². The second-order valence-corrected chi connectivity index (χ2v) is 8.80. The number of benzene rings is 2. The molecule has 39 heavy (non-hydrogen) atoms. The number of rotatable bonds is 10. The molecule has 2 aromatic heterocycles. The lowest BCUT2D eigenvalue weighted by molar-refractivity contribution is -0.274. The average molecular weight is 563 g/mol. The number of anilines is 1. The average Bonchev–Trinajstić information content (AvgIpc) is 3.25. The quantitative estimate of drug-likeness (QED) is 0.250. The largest absolute Gasteiger partial charge is 0.573 e. The van der Waals surface area contributed by atoms with E-state index in [1.165, 1.54) is 18.2 Å². The Labute approximate surface area is 222 Å². The van der Waals surface area contributed by atoms with Gasteiger partial charge in [-0.3, -0.25) is 19.1 Å². The number of nitrogens with zero attached hydrogens (tertiary/aromatic N) is 3. The van der Waals surface area contributed by atoms with Crippen molar-refractivity contribution < 1.29 is 27.4 Å². The fourth-order valence-corrected chi connectivity index (χ4v) is 4.25. The van der Waals surface area contributed by atoms with Crippen LogP contribution < -0.4 is 26.0 Å². The molecule has 2 heterocycles. The van der Waals surface area contributed by atoms with Crippen LogP contribution in [0.2, 0.25) is 0 Å². The maximum absolute atomic E-state index is 12.5. The lowest BCUT2D eigenvalue weighted by Crippen LogP contribution is -2.23. The van der Waals surface area contributed by atoms with E-state index in [1.54, 1.807) is 28.8 Å². The summed E-state index contributed by atoms with van der Waals surface area (Å²) in [4.78, 5) is 40.6. The van der Waals surface area contributed by atoms with Gasteiger partial charge < -0.3 is 19.8 Å². The van der Waals surface area contributed by atoms with Crippen LogP contribution in [0.5, 0.6) is 11.5 Å². The zero-order valence-corrected chi connectivity index (χ0v) is 21.1. The first kappa shape index (κ1) is 27.5. The normalized spacial score (nSPS) is 11.3. The minimum Gasteiger partial charge on any atom is -0.494 e. The Morgan fingerprint density at radius 1 is 1.03 bits per heavy atom. The first-order valence-corrected chi connectivity index (χ1v) is 12.4. The number of amides is 1. The van der Waals surface area contributed by atoms with Gasteiger partial charge in [-0.15, -0.1) is 23.4 Å². The summed E-state index contributed by atoms with van der Waals surface area (Å²) < 4.78 is 48.0. The molecular formula is C24H21F3N6O5S. The molecule has 1 amide bonds. The Morgan fingerprint density at radius 2 is 1.72 bits per heavy atom. The lowest BCUT2D eigenvalue weighted by Gasteiger charge is -2.12. The van der Waals surface area contributed by atoms with Crippen molar-refractivity contribution in [2.24, 2.45) is 0 Å². The van der Waals surface area contributed by atoms with E-state index < -0.39 is 29.3 Å². The number of ether oxygens (including phenoxy) is 2. The molecule has 0 saturated carbocycles. The summed E-state index contributed by atoms with van der Waals surface area (Å²) in [6.07, 6.45) is -4.75. The Balaban J connectivity index is 1.52. The first-order valence-electron chi connectivity index (χ1n) is 11.4. The number of hydrogen-bond donors (Lipinski definition) is 3. The molecule has 0 aliphatic rings. The molecule has 3 N–H and O–H groups in total. The SMILES string of the molecule is CCOc1ccc(-n2c(Cc3cc(=O)[nH]c(=O)[nH]3)nnc2SCC(=O)Nc2ccc(OC(F)(F)F)cc2)cc1. The van der Waals surface area contributed by atoms with Crippen molar-refractivity contribution in [2.75, 3.05) is 17.7 Å². The van der Waals surface area contributed by atoms with Gasteiger partial charge in [0.2, 0.25) is 5.91 Å². The van der Waals surface area contributed by atoms with Gasteiger partial charge in [-0.2, -0.15) is 0 Å². The summed E-state index contributed by atoms with van der Waals surface area (Å²) in [6, 6.07) is 13.0. The molecule has 0 aliphatic carbocycles. The van der Waals surface area contributed by atoms with Crippen molar-refractivity contribution in [3.05, 3.63) is 87.0 Å². The van der Waals surface area contributed by atoms with E-state index in [4.69, 9.17) is 4.74 Å². The number of H-pyrrole nitrogens is 2. The number of thioether (sulfide) groups is 1. The number of aromatic nitrogens is 5. The lowest BCUT2D eigenvalue weighted by atomic mass is 10.2. The molecule has 0 unspecified atom stereocenters. The van der Waals surface area contributed by atoms with Crippen molar-refractivity contribution in [3.8, 4) is 17.2 Å². The van der Waals surface area contributed by atoms with E-state index >= 15 is 0 Å². The highest BCUT2D eigenvalue weighted by molar-refractivity contribution is 7.99. The van der Waals surface area contributed by atoms with Crippen molar-refractivity contribution in [3.63, 3.8) is 0 Å². The van der Waals surface area contributed by atoms with Gasteiger partial charge in [0.25, 0.3) is 5.56 Å². The van der Waals surface area contributed by atoms with E-state index in [0.717, 1.165) is 23.9 Å². The summed E-state index contributed by atoms with van der Waals surface area (Å²) in [6.45, 7) is 2.35. The molecule has 0 spiro atoms. The van der Waals surface area contributed by atoms with E-state index in [1.807, 2.05) is 6.92 Å². The highest BCUT2D eigenvalue weighted by atomic mass is 32.2. The van der Waals surface area contributed by atoms with Crippen LogP contribution >= 0.6 is 11.8 Å². The van der Waals surface area contributed by atoms with Gasteiger partial charge in [-0.25, -0.2) is 4.79 Å². The Kier molecular flexibility index (Phi) is 8.39. The van der Waals surface area contributed by atoms with Crippen molar-refractivity contribution in [1.82, 2.24) is 24.7 Å². The molecule has 2 aromatic carbocycles. The molecule has 15 heteroatoms. The van der Waals surface area contributed by atoms with E-state index in [0.29, 0.717) is 34.7 Å². The number of nitrogens with one attached hydrogen (secondary N) is 3. The molecule has 11 nitrogen and oxygen atoms in total. The second kappa shape index (κ2) is 11.9. The van der Waals surface area contributed by atoms with Gasteiger partial charge in [0.05, 0.1) is 12.4 Å². The van der Waals surface area contributed by atoms with E-state index in [9.17, 15) is 27.6 Å². The summed E-state index contributed by atoms with van der Waals surface area (Å²) >= 11 is 1.07. The number of aromatic amines is 2. The number of hydrogen-bond acceptors (Lipinski definition) is 8. The van der Waals surface area contributed by atoms with Gasteiger partial charge >= 0.3 is 12.1 Å². The molecular weight excluding hydrogens is 541 g/mol. The van der Waals surface area contributed by atoms with Crippen LogP contribution in [0.3, 0.4) is 0 Å². The second-order valence-electron chi connectivity index (χ2n) is 7.86. The van der Waals surface area contributed by atoms with Crippen molar-refractivity contribution in [2.45, 2.75) is 24.9 Å². The Hall–Kier alpha value is -4.53. The molecule has 0 bridgehead atoms. The number of halogens is 3.